The van der Waals surface area contributed by atoms with E-state index >= 15 is 0 Å². The highest BCUT2D eigenvalue weighted by Crippen LogP contribution is 2.23. The van der Waals surface area contributed by atoms with Crippen molar-refractivity contribution in [3.8, 4) is 0 Å². The van der Waals surface area contributed by atoms with Crippen LogP contribution in [0.2, 0.25) is 0 Å². The molecule has 0 amide bonds. The first-order valence-electron chi connectivity index (χ1n) is 7.31. The van der Waals surface area contributed by atoms with E-state index < -0.39 is 0 Å². The predicted octanol–water partition coefficient (Wildman–Crippen LogP) is 2.35. The van der Waals surface area contributed by atoms with Gasteiger partial charge in [-0.2, -0.15) is 0 Å². The minimum Gasteiger partial charge on any atom is -0.381 e. The fourth-order valence-electron chi connectivity index (χ4n) is 2.96. The van der Waals surface area contributed by atoms with Crippen molar-refractivity contribution < 1.29 is 9.47 Å². The quantitative estimate of drug-likeness (QED) is 0.801. The van der Waals surface area contributed by atoms with Crippen LogP contribution in [0.25, 0.3) is 0 Å². The molecule has 1 heterocycles. The lowest BCUT2D eigenvalue weighted by atomic mass is 9.92. The number of hydrogen-bond donors (Lipinski definition) is 1. The summed E-state index contributed by atoms with van der Waals surface area (Å²) in [7, 11) is 0. The van der Waals surface area contributed by atoms with Crippen molar-refractivity contribution in [3.05, 3.63) is 0 Å². The average molecular weight is 241 g/mol. The largest absolute Gasteiger partial charge is 0.381 e. The standard InChI is InChI=1S/C14H27NO2/c1-2-15-13-4-3-5-14(10-13)17-11-12-6-8-16-9-7-12/h12-15H,2-11H2,1H3. The van der Waals surface area contributed by atoms with E-state index in [9.17, 15) is 0 Å². The predicted molar refractivity (Wildman–Crippen MR) is 69.2 cm³/mol. The van der Waals surface area contributed by atoms with Crippen molar-refractivity contribution in [1.82, 2.24) is 5.32 Å². The van der Waals surface area contributed by atoms with E-state index in [1.165, 1.54) is 38.5 Å². The summed E-state index contributed by atoms with van der Waals surface area (Å²) in [5, 5.41) is 3.55. The summed E-state index contributed by atoms with van der Waals surface area (Å²) in [4.78, 5) is 0. The number of ether oxygens (including phenoxy) is 2. The number of nitrogens with one attached hydrogen (secondary N) is 1. The summed E-state index contributed by atoms with van der Waals surface area (Å²) >= 11 is 0. The zero-order chi connectivity index (χ0) is 11.9. The third-order valence-corrected chi connectivity index (χ3v) is 4.03. The fourth-order valence-corrected chi connectivity index (χ4v) is 2.96. The molecule has 3 heteroatoms. The summed E-state index contributed by atoms with van der Waals surface area (Å²) in [5.41, 5.74) is 0. The van der Waals surface area contributed by atoms with Crippen LogP contribution in [0, 0.1) is 5.92 Å². The smallest absolute Gasteiger partial charge is 0.0590 e. The maximum Gasteiger partial charge on any atom is 0.0590 e. The average Bonchev–Trinajstić information content (AvgIpc) is 2.39. The molecule has 2 aliphatic rings. The first-order chi connectivity index (χ1) is 8.38. The summed E-state index contributed by atoms with van der Waals surface area (Å²) in [6, 6.07) is 0.688. The third-order valence-electron chi connectivity index (χ3n) is 4.03. The maximum atomic E-state index is 6.10. The third kappa shape index (κ3) is 4.57. The zero-order valence-corrected chi connectivity index (χ0v) is 11.1. The summed E-state index contributed by atoms with van der Waals surface area (Å²) in [6.07, 6.45) is 7.96. The molecule has 3 nitrogen and oxygen atoms in total. The van der Waals surface area contributed by atoms with Crippen LogP contribution >= 0.6 is 0 Å². The Labute approximate surface area is 105 Å². The minimum atomic E-state index is 0.496. The highest BCUT2D eigenvalue weighted by molar-refractivity contribution is 4.78. The Hall–Kier alpha value is -0.120. The van der Waals surface area contributed by atoms with Gasteiger partial charge in [-0.3, -0.25) is 0 Å². The van der Waals surface area contributed by atoms with Crippen LogP contribution in [0.5, 0.6) is 0 Å². The highest BCUT2D eigenvalue weighted by Gasteiger charge is 2.23. The van der Waals surface area contributed by atoms with Crippen LogP contribution in [0.4, 0.5) is 0 Å². The van der Waals surface area contributed by atoms with Crippen LogP contribution in [0.1, 0.15) is 45.4 Å². The van der Waals surface area contributed by atoms with Gasteiger partial charge >= 0.3 is 0 Å². The molecule has 1 saturated carbocycles. The van der Waals surface area contributed by atoms with Gasteiger partial charge in [0.2, 0.25) is 0 Å². The lowest BCUT2D eigenvalue weighted by Crippen LogP contribution is -2.37. The van der Waals surface area contributed by atoms with Crippen molar-refractivity contribution in [2.45, 2.75) is 57.6 Å². The van der Waals surface area contributed by atoms with E-state index in [2.05, 4.69) is 12.2 Å². The normalized spacial score (nSPS) is 31.6. The molecular weight excluding hydrogens is 214 g/mol. The summed E-state index contributed by atoms with van der Waals surface area (Å²) < 4.78 is 11.5. The molecule has 2 atom stereocenters. The second-order valence-corrected chi connectivity index (χ2v) is 5.43. The SMILES string of the molecule is CCNC1CCCC(OCC2CCOCC2)C1. The van der Waals surface area contributed by atoms with E-state index in [1.54, 1.807) is 0 Å². The lowest BCUT2D eigenvalue weighted by Gasteiger charge is -2.31. The van der Waals surface area contributed by atoms with E-state index in [4.69, 9.17) is 9.47 Å². The molecule has 1 aliphatic heterocycles. The van der Waals surface area contributed by atoms with Gasteiger partial charge in [0.25, 0.3) is 0 Å². The van der Waals surface area contributed by atoms with Crippen LogP contribution < -0.4 is 5.32 Å². The summed E-state index contributed by atoms with van der Waals surface area (Å²) in [5.74, 6) is 0.739. The van der Waals surface area contributed by atoms with Crippen LogP contribution in [-0.4, -0.2) is 38.5 Å². The molecule has 1 aliphatic carbocycles. The molecule has 0 aromatic heterocycles. The van der Waals surface area contributed by atoms with Crippen LogP contribution in [0.15, 0.2) is 0 Å². The molecule has 0 spiro atoms. The molecule has 0 bridgehead atoms. The number of hydrogen-bond acceptors (Lipinski definition) is 3. The van der Waals surface area contributed by atoms with E-state index in [0.717, 1.165) is 32.3 Å². The molecular formula is C14H27NO2. The molecule has 2 fully saturated rings. The van der Waals surface area contributed by atoms with Gasteiger partial charge in [0.15, 0.2) is 0 Å². The van der Waals surface area contributed by atoms with Gasteiger partial charge in [0.1, 0.15) is 0 Å². The molecule has 2 rings (SSSR count). The molecule has 0 aromatic rings. The van der Waals surface area contributed by atoms with Crippen molar-refractivity contribution in [2.24, 2.45) is 5.92 Å². The zero-order valence-electron chi connectivity index (χ0n) is 11.1. The molecule has 0 radical (unpaired) electrons. The maximum absolute atomic E-state index is 6.10. The first kappa shape index (κ1) is 13.3. The Morgan fingerprint density at radius 1 is 1.18 bits per heavy atom. The second kappa shape index (κ2) is 7.34. The van der Waals surface area contributed by atoms with Gasteiger partial charge in [-0.05, 0) is 51.0 Å². The molecule has 2 unspecified atom stereocenters. The van der Waals surface area contributed by atoms with E-state index in [-0.39, 0.29) is 0 Å². The van der Waals surface area contributed by atoms with Gasteiger partial charge in [0, 0.05) is 25.9 Å². The van der Waals surface area contributed by atoms with Gasteiger partial charge < -0.3 is 14.8 Å². The van der Waals surface area contributed by atoms with Gasteiger partial charge in [-0.15, -0.1) is 0 Å². The Balaban J connectivity index is 1.64. The van der Waals surface area contributed by atoms with E-state index in [1.807, 2.05) is 0 Å². The minimum absolute atomic E-state index is 0.496. The molecule has 17 heavy (non-hydrogen) atoms. The van der Waals surface area contributed by atoms with Crippen LogP contribution in [-0.2, 0) is 9.47 Å². The monoisotopic (exact) mass is 241 g/mol. The fraction of sp³-hybridized carbons (Fsp3) is 1.00. The number of rotatable bonds is 5. The van der Waals surface area contributed by atoms with Crippen LogP contribution in [0.3, 0.4) is 0 Å². The van der Waals surface area contributed by atoms with Crippen molar-refractivity contribution >= 4 is 0 Å². The van der Waals surface area contributed by atoms with Gasteiger partial charge in [-0.25, -0.2) is 0 Å². The second-order valence-electron chi connectivity index (χ2n) is 5.43. The Morgan fingerprint density at radius 3 is 2.76 bits per heavy atom. The molecule has 1 N–H and O–H groups in total. The van der Waals surface area contributed by atoms with E-state index in [0.29, 0.717) is 12.1 Å². The van der Waals surface area contributed by atoms with Crippen molar-refractivity contribution in [3.63, 3.8) is 0 Å². The van der Waals surface area contributed by atoms with Gasteiger partial charge in [0.05, 0.1) is 6.10 Å². The molecule has 0 aromatic carbocycles. The first-order valence-corrected chi connectivity index (χ1v) is 7.31. The van der Waals surface area contributed by atoms with Gasteiger partial charge in [-0.1, -0.05) is 6.92 Å². The Kier molecular flexibility index (Phi) is 5.75. The topological polar surface area (TPSA) is 30.5 Å². The van der Waals surface area contributed by atoms with Crippen molar-refractivity contribution in [1.29, 1.82) is 0 Å². The van der Waals surface area contributed by atoms with Crippen molar-refractivity contribution in [2.75, 3.05) is 26.4 Å². The lowest BCUT2D eigenvalue weighted by molar-refractivity contribution is -0.0271. The Bertz CT molecular complexity index is 202. The highest BCUT2D eigenvalue weighted by atomic mass is 16.5. The molecule has 100 valence electrons. The molecule has 1 saturated heterocycles. The Morgan fingerprint density at radius 2 is 2.00 bits per heavy atom. The summed E-state index contributed by atoms with van der Waals surface area (Å²) in [6.45, 7) is 6.08.